The number of ether oxygens (including phenoxy) is 1. The first kappa shape index (κ1) is 15.8. The van der Waals surface area contributed by atoms with Crippen LogP contribution in [-0.2, 0) is 9.53 Å². The molecule has 0 bridgehead atoms. The van der Waals surface area contributed by atoms with Crippen molar-refractivity contribution < 1.29 is 9.53 Å². The third kappa shape index (κ3) is 3.69. The Bertz CT molecular complexity index is 576. The van der Waals surface area contributed by atoms with Crippen molar-refractivity contribution in [3.63, 3.8) is 0 Å². The number of anilines is 1. The lowest BCUT2D eigenvalue weighted by atomic mass is 9.95. The number of piperidine rings is 1. The largest absolute Gasteiger partial charge is 0.381 e. The molecule has 2 aliphatic heterocycles. The summed E-state index contributed by atoms with van der Waals surface area (Å²) in [5.41, 5.74) is 1.18. The van der Waals surface area contributed by atoms with Crippen LogP contribution in [0.15, 0.2) is 12.4 Å². The predicted molar refractivity (Wildman–Crippen MR) is 90.9 cm³/mol. The van der Waals surface area contributed by atoms with Gasteiger partial charge in [-0.05, 0) is 38.5 Å². The zero-order valence-corrected chi connectivity index (χ0v) is 14.1. The Hall–Kier alpha value is -1.69. The standard InChI is InChI=1S/C18H26N4O2/c23-18(21-15-5-9-24-10-6-15)14-3-7-22(8-4-14)17-11-16(13-1-2-13)19-12-20-17/h11-15H,1-10H2,(H,21,23). The van der Waals surface area contributed by atoms with Crippen LogP contribution in [0.5, 0.6) is 0 Å². The first-order valence-electron chi connectivity index (χ1n) is 9.24. The van der Waals surface area contributed by atoms with Gasteiger partial charge in [-0.25, -0.2) is 9.97 Å². The van der Waals surface area contributed by atoms with Gasteiger partial charge in [0.2, 0.25) is 5.91 Å². The molecule has 130 valence electrons. The Morgan fingerprint density at radius 1 is 1.08 bits per heavy atom. The Balaban J connectivity index is 1.29. The molecule has 6 heteroatoms. The number of rotatable bonds is 4. The van der Waals surface area contributed by atoms with Gasteiger partial charge in [-0.15, -0.1) is 0 Å². The summed E-state index contributed by atoms with van der Waals surface area (Å²) in [5, 5.41) is 3.21. The molecule has 0 aromatic carbocycles. The normalized spacial score (nSPS) is 23.2. The summed E-state index contributed by atoms with van der Waals surface area (Å²) in [6.45, 7) is 3.32. The molecular weight excluding hydrogens is 304 g/mol. The van der Waals surface area contributed by atoms with Crippen molar-refractivity contribution in [2.45, 2.75) is 50.5 Å². The first-order chi connectivity index (χ1) is 11.8. The predicted octanol–water partition coefficient (Wildman–Crippen LogP) is 1.87. The van der Waals surface area contributed by atoms with E-state index in [1.54, 1.807) is 6.33 Å². The fourth-order valence-corrected chi connectivity index (χ4v) is 3.67. The summed E-state index contributed by atoms with van der Waals surface area (Å²) in [4.78, 5) is 23.6. The molecule has 0 radical (unpaired) electrons. The van der Waals surface area contributed by atoms with E-state index in [0.717, 1.165) is 57.8 Å². The number of carbonyl (C=O) groups is 1. The van der Waals surface area contributed by atoms with Crippen molar-refractivity contribution in [3.8, 4) is 0 Å². The van der Waals surface area contributed by atoms with E-state index in [1.807, 2.05) is 0 Å². The van der Waals surface area contributed by atoms with Crippen molar-refractivity contribution in [3.05, 3.63) is 18.1 Å². The third-order valence-corrected chi connectivity index (χ3v) is 5.43. The highest BCUT2D eigenvalue weighted by atomic mass is 16.5. The molecule has 1 aromatic rings. The minimum absolute atomic E-state index is 0.133. The maximum absolute atomic E-state index is 12.5. The number of hydrogen-bond donors (Lipinski definition) is 1. The van der Waals surface area contributed by atoms with Gasteiger partial charge in [-0.2, -0.15) is 0 Å². The van der Waals surface area contributed by atoms with Crippen LogP contribution in [0.25, 0.3) is 0 Å². The van der Waals surface area contributed by atoms with Gasteiger partial charge in [0.15, 0.2) is 0 Å². The fraction of sp³-hybridized carbons (Fsp3) is 0.722. The van der Waals surface area contributed by atoms with Crippen LogP contribution in [0.3, 0.4) is 0 Å². The van der Waals surface area contributed by atoms with E-state index in [0.29, 0.717) is 12.0 Å². The summed E-state index contributed by atoms with van der Waals surface area (Å²) in [6, 6.07) is 2.44. The van der Waals surface area contributed by atoms with Crippen LogP contribution in [0.4, 0.5) is 5.82 Å². The molecule has 3 heterocycles. The van der Waals surface area contributed by atoms with Gasteiger partial charge in [0, 0.05) is 55.9 Å². The smallest absolute Gasteiger partial charge is 0.223 e. The molecule has 1 aliphatic carbocycles. The summed E-state index contributed by atoms with van der Waals surface area (Å²) in [7, 11) is 0. The van der Waals surface area contributed by atoms with Crippen LogP contribution in [0.2, 0.25) is 0 Å². The fourth-order valence-electron chi connectivity index (χ4n) is 3.67. The first-order valence-corrected chi connectivity index (χ1v) is 9.24. The van der Waals surface area contributed by atoms with E-state index in [-0.39, 0.29) is 11.8 Å². The lowest BCUT2D eigenvalue weighted by molar-refractivity contribution is -0.126. The van der Waals surface area contributed by atoms with Crippen LogP contribution in [-0.4, -0.2) is 48.2 Å². The van der Waals surface area contributed by atoms with Crippen molar-refractivity contribution in [2.24, 2.45) is 5.92 Å². The molecule has 6 nitrogen and oxygen atoms in total. The highest BCUT2D eigenvalue weighted by Gasteiger charge is 2.29. The maximum atomic E-state index is 12.5. The number of nitrogens with one attached hydrogen (secondary N) is 1. The summed E-state index contributed by atoms with van der Waals surface area (Å²) >= 11 is 0. The molecule has 1 aromatic heterocycles. The molecule has 3 aliphatic rings. The maximum Gasteiger partial charge on any atom is 0.223 e. The Labute approximate surface area is 143 Å². The van der Waals surface area contributed by atoms with Gasteiger partial charge >= 0.3 is 0 Å². The molecule has 0 atom stereocenters. The van der Waals surface area contributed by atoms with Gasteiger partial charge in [-0.1, -0.05) is 0 Å². The Morgan fingerprint density at radius 2 is 1.83 bits per heavy atom. The zero-order valence-electron chi connectivity index (χ0n) is 14.1. The highest BCUT2D eigenvalue weighted by molar-refractivity contribution is 5.79. The number of amides is 1. The molecule has 4 rings (SSSR count). The molecule has 3 fully saturated rings. The van der Waals surface area contributed by atoms with E-state index in [2.05, 4.69) is 26.3 Å². The third-order valence-electron chi connectivity index (χ3n) is 5.43. The molecular formula is C18H26N4O2. The van der Waals surface area contributed by atoms with Crippen molar-refractivity contribution >= 4 is 11.7 Å². The number of carbonyl (C=O) groups excluding carboxylic acids is 1. The molecule has 24 heavy (non-hydrogen) atoms. The van der Waals surface area contributed by atoms with Crippen LogP contribution < -0.4 is 10.2 Å². The lowest BCUT2D eigenvalue weighted by Crippen LogP contribution is -2.45. The van der Waals surface area contributed by atoms with Gasteiger partial charge in [0.25, 0.3) is 0 Å². The van der Waals surface area contributed by atoms with E-state index in [4.69, 9.17) is 4.74 Å². The second-order valence-corrected chi connectivity index (χ2v) is 7.23. The van der Waals surface area contributed by atoms with Gasteiger partial charge in [0.05, 0.1) is 0 Å². The molecule has 0 spiro atoms. The summed E-state index contributed by atoms with van der Waals surface area (Å²) < 4.78 is 5.35. The molecule has 1 saturated carbocycles. The van der Waals surface area contributed by atoms with Crippen molar-refractivity contribution in [2.75, 3.05) is 31.2 Å². The van der Waals surface area contributed by atoms with Crippen LogP contribution >= 0.6 is 0 Å². The van der Waals surface area contributed by atoms with E-state index < -0.39 is 0 Å². The van der Waals surface area contributed by atoms with Crippen LogP contribution in [0, 0.1) is 5.92 Å². The quantitative estimate of drug-likeness (QED) is 0.913. The minimum Gasteiger partial charge on any atom is -0.381 e. The molecule has 1 N–H and O–H groups in total. The van der Waals surface area contributed by atoms with E-state index in [1.165, 1.54) is 18.5 Å². The second kappa shape index (κ2) is 7.05. The van der Waals surface area contributed by atoms with Gasteiger partial charge in [0.1, 0.15) is 12.1 Å². The minimum atomic E-state index is 0.133. The monoisotopic (exact) mass is 330 g/mol. The van der Waals surface area contributed by atoms with Crippen LogP contribution in [0.1, 0.15) is 50.1 Å². The zero-order chi connectivity index (χ0) is 16.4. The highest BCUT2D eigenvalue weighted by Crippen LogP contribution is 2.39. The average molecular weight is 330 g/mol. The average Bonchev–Trinajstić information content (AvgIpc) is 3.48. The topological polar surface area (TPSA) is 67.3 Å². The second-order valence-electron chi connectivity index (χ2n) is 7.23. The number of nitrogens with zero attached hydrogens (tertiary/aromatic N) is 3. The molecule has 1 amide bonds. The number of hydrogen-bond acceptors (Lipinski definition) is 5. The molecule has 2 saturated heterocycles. The Morgan fingerprint density at radius 3 is 2.54 bits per heavy atom. The lowest BCUT2D eigenvalue weighted by Gasteiger charge is -2.33. The van der Waals surface area contributed by atoms with Gasteiger partial charge in [-0.3, -0.25) is 4.79 Å². The number of aromatic nitrogens is 2. The Kier molecular flexibility index (Phi) is 4.65. The van der Waals surface area contributed by atoms with E-state index >= 15 is 0 Å². The van der Waals surface area contributed by atoms with Crippen molar-refractivity contribution in [1.82, 2.24) is 15.3 Å². The molecule has 0 unspecified atom stereocenters. The van der Waals surface area contributed by atoms with Gasteiger partial charge < -0.3 is 15.0 Å². The van der Waals surface area contributed by atoms with Crippen molar-refractivity contribution in [1.29, 1.82) is 0 Å². The SMILES string of the molecule is O=C(NC1CCOCC1)C1CCN(c2cc(C3CC3)ncn2)CC1. The summed E-state index contributed by atoms with van der Waals surface area (Å²) in [6.07, 6.45) is 7.88. The van der Waals surface area contributed by atoms with E-state index in [9.17, 15) is 4.79 Å². The summed E-state index contributed by atoms with van der Waals surface area (Å²) in [5.74, 6) is 2.03.